The summed E-state index contributed by atoms with van der Waals surface area (Å²) in [6.07, 6.45) is 3.45. The molecule has 0 spiro atoms. The number of aryl methyl sites for hydroxylation is 1. The van der Waals surface area contributed by atoms with Gasteiger partial charge in [0, 0.05) is 11.5 Å². The van der Waals surface area contributed by atoms with E-state index >= 15 is 0 Å². The number of hydrogen-bond acceptors (Lipinski definition) is 4. The number of imidazole rings is 1. The first-order chi connectivity index (χ1) is 13.6. The number of rotatable bonds is 3. The van der Waals surface area contributed by atoms with Crippen LogP contribution in [0.25, 0.3) is 26.8 Å². The highest BCUT2D eigenvalue weighted by molar-refractivity contribution is 6.03. The number of alkyl halides is 1. The Labute approximate surface area is 160 Å². The van der Waals surface area contributed by atoms with Crippen LogP contribution in [-0.4, -0.2) is 25.9 Å². The summed E-state index contributed by atoms with van der Waals surface area (Å²) >= 11 is 0. The number of aromatic nitrogens is 4. The van der Waals surface area contributed by atoms with Gasteiger partial charge in [-0.05, 0) is 38.3 Å². The first-order valence-electron chi connectivity index (χ1n) is 9.37. The van der Waals surface area contributed by atoms with Crippen molar-refractivity contribution in [3.63, 3.8) is 0 Å². The lowest BCUT2D eigenvalue weighted by Crippen LogP contribution is -2.17. The molecule has 140 valence electrons. The maximum Gasteiger partial charge on any atom is 0.188 e. The number of pyridine rings is 1. The number of benzene rings is 1. The summed E-state index contributed by atoms with van der Waals surface area (Å²) in [6.45, 7) is 9.18. The smallest absolute Gasteiger partial charge is 0.188 e. The Balaban J connectivity index is 1.79. The van der Waals surface area contributed by atoms with Crippen LogP contribution >= 0.6 is 0 Å². The summed E-state index contributed by atoms with van der Waals surface area (Å²) in [5.41, 5.74) is 3.63. The van der Waals surface area contributed by atoms with Crippen LogP contribution in [-0.2, 0) is 6.42 Å². The fourth-order valence-corrected chi connectivity index (χ4v) is 4.21. The number of fused-ring (bicyclic) bond motifs is 3. The molecule has 3 heterocycles. The summed E-state index contributed by atoms with van der Waals surface area (Å²) in [5, 5.41) is 4.91. The van der Waals surface area contributed by atoms with E-state index in [0.717, 1.165) is 46.5 Å². The molecule has 2 unspecified atom stereocenters. The fourth-order valence-electron chi connectivity index (χ4n) is 4.21. The summed E-state index contributed by atoms with van der Waals surface area (Å²) in [4.78, 5) is 12.8. The number of nitrogens with zero attached hydrogens (tertiary/aromatic N) is 5. The normalized spacial score (nSPS) is 19.5. The Hall–Kier alpha value is -3.27. The van der Waals surface area contributed by atoms with Gasteiger partial charge < -0.3 is 9.09 Å². The molecule has 1 aliphatic carbocycles. The molecule has 0 N–H and O–H groups in total. The van der Waals surface area contributed by atoms with Gasteiger partial charge in [-0.3, -0.25) is 4.98 Å². The summed E-state index contributed by atoms with van der Waals surface area (Å²) in [6, 6.07) is 7.01. The van der Waals surface area contributed by atoms with Crippen LogP contribution in [0.1, 0.15) is 42.6 Å². The van der Waals surface area contributed by atoms with Crippen molar-refractivity contribution < 1.29 is 8.91 Å². The van der Waals surface area contributed by atoms with Crippen LogP contribution in [0.4, 0.5) is 10.1 Å². The van der Waals surface area contributed by atoms with Crippen molar-refractivity contribution in [2.75, 3.05) is 0 Å². The molecule has 3 aromatic heterocycles. The molecule has 7 heteroatoms. The minimum atomic E-state index is -0.914. The van der Waals surface area contributed by atoms with Gasteiger partial charge in [0.1, 0.15) is 23.3 Å². The standard InChI is InChI=1S/C21H18FN5O/c1-12-8-14(26-28-12)10-20-25-18-11-24-17-7-6-13(23-2)9-15(17)21(18)27(20)19-5-3-4-16(19)22/h6-9,11,16,19H,3-5,10H2,1H3. The lowest BCUT2D eigenvalue weighted by atomic mass is 10.1. The minimum absolute atomic E-state index is 0.268. The average Bonchev–Trinajstić information content (AvgIpc) is 3.39. The van der Waals surface area contributed by atoms with E-state index in [1.54, 1.807) is 12.3 Å². The first-order valence-corrected chi connectivity index (χ1v) is 9.37. The molecule has 5 rings (SSSR count). The van der Waals surface area contributed by atoms with Gasteiger partial charge in [-0.25, -0.2) is 14.2 Å². The zero-order chi connectivity index (χ0) is 19.3. The van der Waals surface area contributed by atoms with Gasteiger partial charge in [0.2, 0.25) is 0 Å². The molecule has 2 atom stereocenters. The van der Waals surface area contributed by atoms with Gasteiger partial charge in [-0.1, -0.05) is 11.2 Å². The second kappa shape index (κ2) is 6.41. The maximum absolute atomic E-state index is 14.8. The monoisotopic (exact) mass is 375 g/mol. The van der Waals surface area contributed by atoms with Crippen molar-refractivity contribution >= 4 is 27.6 Å². The van der Waals surface area contributed by atoms with Crippen LogP contribution in [0.15, 0.2) is 35.0 Å². The van der Waals surface area contributed by atoms with Crippen LogP contribution in [0.5, 0.6) is 0 Å². The van der Waals surface area contributed by atoms with Gasteiger partial charge in [0.15, 0.2) is 5.69 Å². The quantitative estimate of drug-likeness (QED) is 0.468. The zero-order valence-corrected chi connectivity index (χ0v) is 15.4. The number of hydrogen-bond donors (Lipinski definition) is 0. The molecule has 0 amide bonds. The largest absolute Gasteiger partial charge is 0.361 e. The molecule has 1 fully saturated rings. The average molecular weight is 375 g/mol. The predicted molar refractivity (Wildman–Crippen MR) is 103 cm³/mol. The molecule has 0 aliphatic heterocycles. The molecule has 4 aromatic rings. The van der Waals surface area contributed by atoms with Gasteiger partial charge in [-0.2, -0.15) is 0 Å². The molecule has 1 aliphatic rings. The van der Waals surface area contributed by atoms with E-state index in [0.29, 0.717) is 24.0 Å². The Morgan fingerprint density at radius 1 is 1.29 bits per heavy atom. The Morgan fingerprint density at radius 2 is 2.18 bits per heavy atom. The van der Waals surface area contributed by atoms with E-state index in [1.807, 2.05) is 29.7 Å². The van der Waals surface area contributed by atoms with Crippen LogP contribution < -0.4 is 0 Å². The molecule has 0 bridgehead atoms. The molecule has 6 nitrogen and oxygen atoms in total. The minimum Gasteiger partial charge on any atom is -0.361 e. The third-order valence-electron chi connectivity index (χ3n) is 5.45. The predicted octanol–water partition coefficient (Wildman–Crippen LogP) is 5.09. The summed E-state index contributed by atoms with van der Waals surface area (Å²) < 4.78 is 22.0. The van der Waals surface area contributed by atoms with Gasteiger partial charge in [0.05, 0.1) is 42.0 Å². The second-order valence-corrected chi connectivity index (χ2v) is 7.32. The van der Waals surface area contributed by atoms with Crippen LogP contribution in [0.3, 0.4) is 0 Å². The highest BCUT2D eigenvalue weighted by atomic mass is 19.1. The zero-order valence-electron chi connectivity index (χ0n) is 15.4. The van der Waals surface area contributed by atoms with Crippen LogP contribution in [0, 0.1) is 13.5 Å². The van der Waals surface area contributed by atoms with Crippen molar-refractivity contribution in [1.82, 2.24) is 19.7 Å². The maximum atomic E-state index is 14.8. The molecule has 28 heavy (non-hydrogen) atoms. The summed E-state index contributed by atoms with van der Waals surface area (Å²) in [7, 11) is 0. The van der Waals surface area contributed by atoms with Crippen molar-refractivity contribution in [3.05, 3.63) is 59.2 Å². The Bertz CT molecular complexity index is 1240. The first kappa shape index (κ1) is 16.9. The molecule has 1 aromatic carbocycles. The lowest BCUT2D eigenvalue weighted by Gasteiger charge is -2.19. The SMILES string of the molecule is [C-]#[N+]c1ccc2ncc3nc(Cc4cc(C)on4)n(C4CCCC4F)c3c2c1. The molecule has 0 saturated heterocycles. The number of halogens is 1. The van der Waals surface area contributed by atoms with Crippen molar-refractivity contribution in [1.29, 1.82) is 0 Å². The van der Waals surface area contributed by atoms with Gasteiger partial charge in [-0.15, -0.1) is 0 Å². The molecule has 0 radical (unpaired) electrons. The van der Waals surface area contributed by atoms with E-state index < -0.39 is 6.17 Å². The fraction of sp³-hybridized carbons (Fsp3) is 0.333. The third kappa shape index (κ3) is 2.64. The van der Waals surface area contributed by atoms with E-state index in [9.17, 15) is 4.39 Å². The highest BCUT2D eigenvalue weighted by Crippen LogP contribution is 2.38. The third-order valence-corrected chi connectivity index (χ3v) is 5.45. The molecule has 1 saturated carbocycles. The van der Waals surface area contributed by atoms with E-state index in [4.69, 9.17) is 16.1 Å². The van der Waals surface area contributed by atoms with E-state index in [1.165, 1.54) is 0 Å². The Morgan fingerprint density at radius 3 is 2.89 bits per heavy atom. The van der Waals surface area contributed by atoms with E-state index in [-0.39, 0.29) is 6.04 Å². The molecular formula is C21H18FN5O. The summed E-state index contributed by atoms with van der Waals surface area (Å²) in [5.74, 6) is 1.48. The Kier molecular flexibility index (Phi) is 3.86. The van der Waals surface area contributed by atoms with E-state index in [2.05, 4.69) is 15.0 Å². The van der Waals surface area contributed by atoms with Crippen molar-refractivity contribution in [2.45, 2.75) is 44.8 Å². The topological polar surface area (TPSA) is 61.1 Å². The van der Waals surface area contributed by atoms with Crippen LogP contribution in [0.2, 0.25) is 0 Å². The highest BCUT2D eigenvalue weighted by Gasteiger charge is 2.32. The van der Waals surface area contributed by atoms with Gasteiger partial charge >= 0.3 is 0 Å². The molecular weight excluding hydrogens is 357 g/mol. The lowest BCUT2D eigenvalue weighted by molar-refractivity contribution is 0.264. The van der Waals surface area contributed by atoms with Crippen molar-refractivity contribution in [2.24, 2.45) is 0 Å². The van der Waals surface area contributed by atoms with Crippen molar-refractivity contribution in [3.8, 4) is 0 Å². The van der Waals surface area contributed by atoms with Gasteiger partial charge in [0.25, 0.3) is 0 Å². The second-order valence-electron chi connectivity index (χ2n) is 7.32.